The number of nitrogens with zero attached hydrogens (tertiary/aromatic N) is 3. The van der Waals surface area contributed by atoms with Gasteiger partial charge < -0.3 is 14.0 Å². The van der Waals surface area contributed by atoms with Crippen LogP contribution >= 0.6 is 11.8 Å². The predicted octanol–water partition coefficient (Wildman–Crippen LogP) is 3.94. The molecule has 1 aromatic carbocycles. The van der Waals surface area contributed by atoms with Crippen LogP contribution in [0.3, 0.4) is 0 Å². The number of aryl methyl sites for hydroxylation is 1. The fraction of sp³-hybridized carbons (Fsp3) is 0.385. The van der Waals surface area contributed by atoms with E-state index in [4.69, 9.17) is 9.47 Å². The third-order valence-electron chi connectivity index (χ3n) is 6.27. The molecular formula is C26H29N3O5S. The summed E-state index contributed by atoms with van der Waals surface area (Å²) < 4.78 is 14.2. The van der Waals surface area contributed by atoms with Gasteiger partial charge in [0.05, 0.1) is 42.0 Å². The molecule has 1 aliphatic heterocycles. The van der Waals surface area contributed by atoms with Gasteiger partial charge in [-0.1, -0.05) is 17.8 Å². The van der Waals surface area contributed by atoms with Crippen molar-refractivity contribution in [1.29, 1.82) is 0 Å². The number of ketones is 1. The number of thioether (sulfide) groups is 1. The number of hydrogen-bond acceptors (Lipinski definition) is 7. The first kappa shape index (κ1) is 24.9. The third-order valence-corrected chi connectivity index (χ3v) is 7.25. The van der Waals surface area contributed by atoms with Gasteiger partial charge in [-0.05, 0) is 51.0 Å². The predicted molar refractivity (Wildman–Crippen MR) is 135 cm³/mol. The van der Waals surface area contributed by atoms with E-state index in [2.05, 4.69) is 11.6 Å². The van der Waals surface area contributed by atoms with Gasteiger partial charge in [-0.15, -0.1) is 6.58 Å². The number of carbonyl (C=O) groups excluding carboxylic acids is 2. The molecule has 0 bridgehead atoms. The van der Waals surface area contributed by atoms with Crippen LogP contribution in [0.5, 0.6) is 0 Å². The Kier molecular flexibility index (Phi) is 7.57. The topological polar surface area (TPSA) is 92.4 Å². The standard InChI is InChI=1S/C26H29N3O5S/c1-5-10-28-16(2)12-21(17(28)3)23(30)15-35-26-27-22-13-18(25(32)33-4)8-9-20(22)24(31)29(26)14-19-7-6-11-34-19/h5,8-9,12-13,19H,1,6-7,10-11,14-15H2,2-4H3/t19-/m0/s1. The quantitative estimate of drug-likeness (QED) is 0.146. The first-order chi connectivity index (χ1) is 16.8. The van der Waals surface area contributed by atoms with E-state index >= 15 is 0 Å². The molecule has 9 heteroatoms. The molecule has 1 aliphatic rings. The van der Waals surface area contributed by atoms with E-state index in [0.717, 1.165) is 24.2 Å². The van der Waals surface area contributed by atoms with Crippen molar-refractivity contribution in [2.24, 2.45) is 0 Å². The van der Waals surface area contributed by atoms with Crippen molar-refractivity contribution < 1.29 is 19.1 Å². The van der Waals surface area contributed by atoms with E-state index in [1.165, 1.54) is 18.9 Å². The van der Waals surface area contributed by atoms with Gasteiger partial charge in [-0.3, -0.25) is 14.2 Å². The summed E-state index contributed by atoms with van der Waals surface area (Å²) in [5, 5.41) is 0.826. The van der Waals surface area contributed by atoms with E-state index in [0.29, 0.717) is 46.9 Å². The molecule has 0 unspecified atom stereocenters. The number of hydrogen-bond donors (Lipinski definition) is 0. The molecule has 0 aliphatic carbocycles. The van der Waals surface area contributed by atoms with Crippen LogP contribution in [0, 0.1) is 13.8 Å². The van der Waals surface area contributed by atoms with Crippen molar-refractivity contribution in [1.82, 2.24) is 14.1 Å². The van der Waals surface area contributed by atoms with Crippen molar-refractivity contribution in [2.45, 2.75) is 51.0 Å². The lowest BCUT2D eigenvalue weighted by Gasteiger charge is -2.16. The smallest absolute Gasteiger partial charge is 0.337 e. The van der Waals surface area contributed by atoms with Crippen LogP contribution in [0.2, 0.25) is 0 Å². The van der Waals surface area contributed by atoms with Gasteiger partial charge >= 0.3 is 5.97 Å². The number of esters is 1. The Balaban J connectivity index is 1.69. The van der Waals surface area contributed by atoms with Gasteiger partial charge in [-0.25, -0.2) is 9.78 Å². The van der Waals surface area contributed by atoms with Crippen LogP contribution < -0.4 is 5.56 Å². The molecule has 3 aromatic rings. The Bertz CT molecular complexity index is 1350. The van der Waals surface area contributed by atoms with Crippen LogP contribution in [0.15, 0.2) is 46.9 Å². The van der Waals surface area contributed by atoms with Gasteiger partial charge in [0.2, 0.25) is 0 Å². The summed E-state index contributed by atoms with van der Waals surface area (Å²) in [5.74, 6) is -0.422. The molecule has 4 rings (SSSR count). The minimum Gasteiger partial charge on any atom is -0.465 e. The van der Waals surface area contributed by atoms with Crippen molar-refractivity contribution in [3.8, 4) is 0 Å². The molecule has 1 atom stereocenters. The summed E-state index contributed by atoms with van der Waals surface area (Å²) in [5.41, 5.74) is 3.01. The SMILES string of the molecule is C=CCn1c(C)cc(C(=O)CSc2nc3cc(C(=O)OC)ccc3c(=O)n2C[C@@H]2CCCO2)c1C. The summed E-state index contributed by atoms with van der Waals surface area (Å²) >= 11 is 1.22. The van der Waals surface area contributed by atoms with Crippen LogP contribution in [-0.4, -0.2) is 51.4 Å². The number of aromatic nitrogens is 3. The van der Waals surface area contributed by atoms with Gasteiger partial charge in [0.25, 0.3) is 5.56 Å². The number of benzene rings is 1. The number of ether oxygens (including phenoxy) is 2. The molecule has 0 spiro atoms. The average molecular weight is 496 g/mol. The number of allylic oxidation sites excluding steroid dienone is 1. The zero-order valence-corrected chi connectivity index (χ0v) is 21.0. The lowest BCUT2D eigenvalue weighted by Crippen LogP contribution is -2.29. The molecule has 3 heterocycles. The van der Waals surface area contributed by atoms with Crippen molar-refractivity contribution >= 4 is 34.4 Å². The summed E-state index contributed by atoms with van der Waals surface area (Å²) in [7, 11) is 1.30. The van der Waals surface area contributed by atoms with Crippen LogP contribution in [0.25, 0.3) is 10.9 Å². The third kappa shape index (κ3) is 5.11. The highest BCUT2D eigenvalue weighted by Crippen LogP contribution is 2.24. The summed E-state index contributed by atoms with van der Waals surface area (Å²) in [6.45, 7) is 9.34. The van der Waals surface area contributed by atoms with Gasteiger partial charge in [0.1, 0.15) is 0 Å². The molecule has 2 aromatic heterocycles. The Hall–Kier alpha value is -3.17. The first-order valence-corrected chi connectivity index (χ1v) is 12.5. The van der Waals surface area contributed by atoms with E-state index in [1.54, 1.807) is 28.8 Å². The van der Waals surface area contributed by atoms with E-state index in [-0.39, 0.29) is 23.2 Å². The largest absolute Gasteiger partial charge is 0.465 e. The minimum absolute atomic E-state index is 0.0419. The number of rotatable bonds is 9. The maximum atomic E-state index is 13.4. The normalized spacial score (nSPS) is 15.5. The molecule has 1 fully saturated rings. The Morgan fingerprint density at radius 1 is 1.29 bits per heavy atom. The molecule has 1 saturated heterocycles. The second-order valence-corrected chi connectivity index (χ2v) is 9.51. The minimum atomic E-state index is -0.503. The van der Waals surface area contributed by atoms with Crippen molar-refractivity contribution in [3.63, 3.8) is 0 Å². The second-order valence-electron chi connectivity index (χ2n) is 8.56. The Morgan fingerprint density at radius 2 is 2.09 bits per heavy atom. The molecule has 0 amide bonds. The number of carbonyl (C=O) groups is 2. The lowest BCUT2D eigenvalue weighted by atomic mass is 10.1. The monoisotopic (exact) mass is 495 g/mol. The van der Waals surface area contributed by atoms with Gasteiger partial charge in [-0.2, -0.15) is 0 Å². The van der Waals surface area contributed by atoms with Crippen LogP contribution in [-0.2, 0) is 22.6 Å². The second kappa shape index (κ2) is 10.6. The van der Waals surface area contributed by atoms with E-state index in [9.17, 15) is 14.4 Å². The summed E-state index contributed by atoms with van der Waals surface area (Å²) in [4.78, 5) is 43.2. The fourth-order valence-electron chi connectivity index (χ4n) is 4.41. The molecule has 0 N–H and O–H groups in total. The molecule has 35 heavy (non-hydrogen) atoms. The molecular weight excluding hydrogens is 466 g/mol. The van der Waals surface area contributed by atoms with Crippen LogP contribution in [0.1, 0.15) is 44.9 Å². The van der Waals surface area contributed by atoms with Crippen molar-refractivity contribution in [3.05, 3.63) is 69.8 Å². The van der Waals surface area contributed by atoms with E-state index < -0.39 is 5.97 Å². The lowest BCUT2D eigenvalue weighted by molar-refractivity contribution is 0.0600. The fourth-order valence-corrected chi connectivity index (χ4v) is 5.30. The highest BCUT2D eigenvalue weighted by atomic mass is 32.2. The zero-order valence-electron chi connectivity index (χ0n) is 20.2. The summed E-state index contributed by atoms with van der Waals surface area (Å²) in [6, 6.07) is 6.59. The zero-order chi connectivity index (χ0) is 25.1. The average Bonchev–Trinajstić information content (AvgIpc) is 3.47. The number of fused-ring (bicyclic) bond motifs is 1. The Labute approximate surface area is 207 Å². The van der Waals surface area contributed by atoms with Gasteiger partial charge in [0, 0.05) is 30.1 Å². The highest BCUT2D eigenvalue weighted by Gasteiger charge is 2.22. The Morgan fingerprint density at radius 3 is 2.77 bits per heavy atom. The highest BCUT2D eigenvalue weighted by molar-refractivity contribution is 7.99. The number of Topliss-reactive ketones (excluding diaryl/α,β-unsaturated/α-hetero) is 1. The van der Waals surface area contributed by atoms with Crippen molar-refractivity contribution in [2.75, 3.05) is 19.5 Å². The molecule has 0 saturated carbocycles. The maximum absolute atomic E-state index is 13.4. The molecule has 8 nitrogen and oxygen atoms in total. The molecule has 0 radical (unpaired) electrons. The number of methoxy groups -OCH3 is 1. The summed E-state index contributed by atoms with van der Waals surface area (Å²) in [6.07, 6.45) is 3.54. The first-order valence-electron chi connectivity index (χ1n) is 11.5. The van der Waals surface area contributed by atoms with Crippen LogP contribution in [0.4, 0.5) is 0 Å². The maximum Gasteiger partial charge on any atom is 0.337 e. The van der Waals surface area contributed by atoms with Gasteiger partial charge in [0.15, 0.2) is 10.9 Å². The molecule has 184 valence electrons. The van der Waals surface area contributed by atoms with E-state index in [1.807, 2.05) is 24.5 Å².